The van der Waals surface area contributed by atoms with Crippen LogP contribution < -0.4 is 0 Å². The molecular formula is C10H18P-. The molecule has 0 N–H and O–H groups in total. The Hall–Kier alpha value is 0.170. The second-order valence-electron chi connectivity index (χ2n) is 5.03. The molecule has 0 aliphatic carbocycles. The quantitative estimate of drug-likeness (QED) is 0.385. The number of hydrogen-bond donors (Lipinski definition) is 0. The van der Waals surface area contributed by atoms with Gasteiger partial charge in [0.2, 0.25) is 0 Å². The highest BCUT2D eigenvalue weighted by atomic mass is 31.1. The zero-order valence-electron chi connectivity index (χ0n) is 8.45. The van der Waals surface area contributed by atoms with Gasteiger partial charge in [-0.2, -0.15) is 5.41 Å². The van der Waals surface area contributed by atoms with Gasteiger partial charge < -0.3 is 14.0 Å². The van der Waals surface area contributed by atoms with Crippen LogP contribution in [-0.2, 0) is 0 Å². The molecule has 1 aliphatic rings. The molecule has 0 saturated heterocycles. The van der Waals surface area contributed by atoms with Gasteiger partial charge in [-0.05, 0) is 10.6 Å². The van der Waals surface area contributed by atoms with E-state index >= 15 is 0 Å². The maximum absolute atomic E-state index is 3.55. The maximum atomic E-state index is 3.55. The molecule has 0 nitrogen and oxygen atoms in total. The highest BCUT2D eigenvalue weighted by molar-refractivity contribution is 7.41. The van der Waals surface area contributed by atoms with Crippen molar-refractivity contribution in [3.8, 4) is 0 Å². The summed E-state index contributed by atoms with van der Waals surface area (Å²) in [5.41, 5.74) is 0.625. The first-order valence-electron chi connectivity index (χ1n) is 4.20. The summed E-state index contributed by atoms with van der Waals surface area (Å²) >= 11 is 0. The summed E-state index contributed by atoms with van der Waals surface area (Å²) in [6.07, 6.45) is 0. The molecule has 0 amide bonds. The topological polar surface area (TPSA) is 0 Å². The molecule has 0 aromatic heterocycles. The average Bonchev–Trinajstić information content (AvgIpc) is 1.93. The molecule has 1 heteroatoms. The predicted molar refractivity (Wildman–Crippen MR) is 53.6 cm³/mol. The molecule has 64 valence electrons. The fourth-order valence-corrected chi connectivity index (χ4v) is 2.72. The molecule has 0 bridgehead atoms. The van der Waals surface area contributed by atoms with Crippen LogP contribution in [-0.4, -0.2) is 11.0 Å². The summed E-state index contributed by atoms with van der Waals surface area (Å²) < 4.78 is 0. The van der Waals surface area contributed by atoms with Gasteiger partial charge in [-0.1, -0.05) is 41.5 Å². The molecule has 1 rings (SSSR count). The second kappa shape index (κ2) is 2.10. The van der Waals surface area contributed by atoms with E-state index in [0.717, 1.165) is 0 Å². The van der Waals surface area contributed by atoms with Gasteiger partial charge in [0.1, 0.15) is 0 Å². The van der Waals surface area contributed by atoms with Crippen molar-refractivity contribution in [1.82, 2.24) is 0 Å². The third-order valence-electron chi connectivity index (χ3n) is 3.71. The molecular weight excluding hydrogens is 151 g/mol. The Morgan fingerprint density at radius 3 is 1.45 bits per heavy atom. The summed E-state index contributed by atoms with van der Waals surface area (Å²) in [4.78, 5) is 0. The molecule has 0 spiro atoms. The van der Waals surface area contributed by atoms with Gasteiger partial charge in [-0.25, -0.2) is 0 Å². The van der Waals surface area contributed by atoms with Gasteiger partial charge >= 0.3 is 0 Å². The molecule has 1 heterocycles. The lowest BCUT2D eigenvalue weighted by Crippen LogP contribution is -2.41. The minimum absolute atomic E-state index is 0.262. The zero-order valence-corrected chi connectivity index (χ0v) is 9.34. The van der Waals surface area contributed by atoms with Gasteiger partial charge in [-0.15, -0.1) is 0 Å². The molecule has 1 aliphatic heterocycles. The molecule has 0 saturated carbocycles. The maximum Gasteiger partial charge on any atom is -0.0237 e. The average molecular weight is 169 g/mol. The summed E-state index contributed by atoms with van der Waals surface area (Å²) in [5.74, 6) is 3.55. The molecule has 0 unspecified atom stereocenters. The standard InChI is InChI=1S/C10H18P/c1-8(2)7-11-10(5,6)9(8,3)4/h1-6H3/q-1. The monoisotopic (exact) mass is 169 g/mol. The van der Waals surface area contributed by atoms with Gasteiger partial charge in [0.15, 0.2) is 0 Å². The second-order valence-corrected chi connectivity index (χ2v) is 6.60. The van der Waals surface area contributed by atoms with Crippen molar-refractivity contribution < 1.29 is 0 Å². The SMILES string of the molecule is CC1(C)[C-]=PC(C)(C)C1(C)C. The van der Waals surface area contributed by atoms with Crippen LogP contribution in [0.2, 0.25) is 0 Å². The van der Waals surface area contributed by atoms with Gasteiger partial charge in [0.05, 0.1) is 0 Å². The van der Waals surface area contributed by atoms with Crippen molar-refractivity contribution >= 4 is 14.0 Å². The van der Waals surface area contributed by atoms with Crippen LogP contribution in [0.5, 0.6) is 0 Å². The van der Waals surface area contributed by atoms with E-state index in [1.165, 1.54) is 8.20 Å². The summed E-state index contributed by atoms with van der Waals surface area (Å²) in [5, 5.41) is 0.385. The Morgan fingerprint density at radius 1 is 0.909 bits per heavy atom. The molecule has 0 radical (unpaired) electrons. The predicted octanol–water partition coefficient (Wildman–Crippen LogP) is 3.46. The largest absolute Gasteiger partial charge is 0.460 e. The number of rotatable bonds is 0. The Bertz CT molecular complexity index is 177. The lowest BCUT2D eigenvalue weighted by molar-refractivity contribution is 0.153. The summed E-state index contributed by atoms with van der Waals surface area (Å²) in [7, 11) is 1.38. The fraction of sp³-hybridized carbons (Fsp3) is 0.900. The van der Waals surface area contributed by atoms with Crippen LogP contribution in [0.4, 0.5) is 0 Å². The molecule has 0 aromatic carbocycles. The molecule has 0 fully saturated rings. The van der Waals surface area contributed by atoms with Gasteiger partial charge in [-0.3, -0.25) is 0 Å². The zero-order chi connectivity index (χ0) is 8.91. The van der Waals surface area contributed by atoms with E-state index in [-0.39, 0.29) is 5.41 Å². The van der Waals surface area contributed by atoms with Crippen LogP contribution >= 0.6 is 8.20 Å². The first kappa shape index (κ1) is 9.26. The van der Waals surface area contributed by atoms with Crippen molar-refractivity contribution in [1.29, 1.82) is 0 Å². The van der Waals surface area contributed by atoms with E-state index in [1.54, 1.807) is 0 Å². The van der Waals surface area contributed by atoms with Crippen molar-refractivity contribution in [3.05, 3.63) is 0 Å². The van der Waals surface area contributed by atoms with Crippen LogP contribution in [0.1, 0.15) is 41.5 Å². The third-order valence-corrected chi connectivity index (χ3v) is 5.50. The van der Waals surface area contributed by atoms with E-state index in [4.69, 9.17) is 0 Å². The summed E-state index contributed by atoms with van der Waals surface area (Å²) in [6.45, 7) is 13.9. The first-order valence-corrected chi connectivity index (χ1v) is 5.09. The van der Waals surface area contributed by atoms with Gasteiger partial charge in [0, 0.05) is 0 Å². The van der Waals surface area contributed by atoms with E-state index in [2.05, 4.69) is 47.3 Å². The van der Waals surface area contributed by atoms with E-state index in [0.29, 0.717) is 10.6 Å². The van der Waals surface area contributed by atoms with Crippen LogP contribution in [0.3, 0.4) is 0 Å². The normalized spacial score (nSPS) is 32.2. The van der Waals surface area contributed by atoms with Crippen molar-refractivity contribution in [2.24, 2.45) is 10.8 Å². The minimum atomic E-state index is 0.262. The lowest BCUT2D eigenvalue weighted by Gasteiger charge is -2.50. The fourth-order valence-electron chi connectivity index (χ4n) is 1.32. The van der Waals surface area contributed by atoms with Crippen molar-refractivity contribution in [2.75, 3.05) is 0 Å². The first-order chi connectivity index (χ1) is 4.71. The van der Waals surface area contributed by atoms with Crippen molar-refractivity contribution in [2.45, 2.75) is 46.7 Å². The third kappa shape index (κ3) is 1.07. The Morgan fingerprint density at radius 2 is 1.36 bits per heavy atom. The summed E-state index contributed by atoms with van der Waals surface area (Å²) in [6, 6.07) is 0. The Kier molecular flexibility index (Phi) is 1.77. The lowest BCUT2D eigenvalue weighted by atomic mass is 9.63. The smallest absolute Gasteiger partial charge is 0.0237 e. The molecule has 11 heavy (non-hydrogen) atoms. The van der Waals surface area contributed by atoms with Crippen molar-refractivity contribution in [3.63, 3.8) is 0 Å². The molecule has 0 atom stereocenters. The van der Waals surface area contributed by atoms with E-state index in [1.807, 2.05) is 0 Å². The Balaban J connectivity index is 3.09. The molecule has 0 aromatic rings. The highest BCUT2D eigenvalue weighted by Gasteiger charge is 2.42. The van der Waals surface area contributed by atoms with E-state index in [9.17, 15) is 0 Å². The Labute approximate surface area is 72.2 Å². The van der Waals surface area contributed by atoms with E-state index < -0.39 is 0 Å². The van der Waals surface area contributed by atoms with Crippen LogP contribution in [0.25, 0.3) is 0 Å². The number of hydrogen-bond acceptors (Lipinski definition) is 0. The van der Waals surface area contributed by atoms with Crippen LogP contribution in [0.15, 0.2) is 0 Å². The highest BCUT2D eigenvalue weighted by Crippen LogP contribution is 2.57. The van der Waals surface area contributed by atoms with Crippen LogP contribution in [0, 0.1) is 10.8 Å². The minimum Gasteiger partial charge on any atom is -0.460 e. The van der Waals surface area contributed by atoms with Gasteiger partial charge in [0.25, 0.3) is 0 Å².